The highest BCUT2D eigenvalue weighted by Gasteiger charge is 2.10. The molecule has 0 heterocycles. The van der Waals surface area contributed by atoms with Gasteiger partial charge in [0.15, 0.2) is 0 Å². The van der Waals surface area contributed by atoms with E-state index in [1.807, 2.05) is 6.92 Å². The average molecular weight is 243 g/mol. The maximum Gasteiger partial charge on any atom is 0.220 e. The van der Waals surface area contributed by atoms with Crippen LogP contribution in [0.25, 0.3) is 0 Å². The molecular weight excluding hydrogens is 214 g/mol. The van der Waals surface area contributed by atoms with Crippen LogP contribution < -0.4 is 5.32 Å². The summed E-state index contributed by atoms with van der Waals surface area (Å²) in [6.45, 7) is 8.73. The Bertz CT molecular complexity index is 205. The number of aliphatic hydroxyl groups excluding tert-OH is 1. The summed E-state index contributed by atoms with van der Waals surface area (Å²) in [5, 5.41) is 11.8. The van der Waals surface area contributed by atoms with Crippen LogP contribution in [0, 0.1) is 5.41 Å². The van der Waals surface area contributed by atoms with Gasteiger partial charge in [-0.3, -0.25) is 4.79 Å². The average Bonchev–Trinajstić information content (AvgIpc) is 2.23. The third-order valence-electron chi connectivity index (χ3n) is 2.91. The van der Waals surface area contributed by atoms with Crippen LogP contribution >= 0.6 is 0 Å². The maximum absolute atomic E-state index is 11.5. The third kappa shape index (κ3) is 10.3. The zero-order valence-electron chi connectivity index (χ0n) is 11.9. The first-order valence-electron chi connectivity index (χ1n) is 6.79. The van der Waals surface area contributed by atoms with E-state index >= 15 is 0 Å². The van der Waals surface area contributed by atoms with Gasteiger partial charge in [0, 0.05) is 6.42 Å². The zero-order valence-corrected chi connectivity index (χ0v) is 11.9. The van der Waals surface area contributed by atoms with E-state index in [4.69, 9.17) is 5.11 Å². The van der Waals surface area contributed by atoms with Gasteiger partial charge in [-0.05, 0) is 24.7 Å². The molecule has 0 aliphatic rings. The maximum atomic E-state index is 11.5. The van der Waals surface area contributed by atoms with E-state index in [0.717, 1.165) is 19.3 Å². The number of hydrogen-bond donors (Lipinski definition) is 2. The number of carbonyl (C=O) groups is 1. The molecule has 3 heteroatoms. The molecular formula is C14H29NO2. The predicted molar refractivity (Wildman–Crippen MR) is 71.8 cm³/mol. The van der Waals surface area contributed by atoms with Crippen molar-refractivity contribution >= 4 is 5.91 Å². The van der Waals surface area contributed by atoms with Gasteiger partial charge in [-0.2, -0.15) is 0 Å². The highest BCUT2D eigenvalue weighted by molar-refractivity contribution is 5.76. The van der Waals surface area contributed by atoms with E-state index in [1.54, 1.807) is 0 Å². The summed E-state index contributed by atoms with van der Waals surface area (Å²) < 4.78 is 0. The summed E-state index contributed by atoms with van der Waals surface area (Å²) in [4.78, 5) is 11.5. The van der Waals surface area contributed by atoms with Gasteiger partial charge in [-0.15, -0.1) is 0 Å². The lowest BCUT2D eigenvalue weighted by Crippen LogP contribution is -2.36. The SMILES string of the molecule is CCC(CO)NC(=O)CCCCCC(C)(C)C. The fourth-order valence-corrected chi connectivity index (χ4v) is 1.69. The Morgan fingerprint density at radius 2 is 1.88 bits per heavy atom. The van der Waals surface area contributed by atoms with E-state index in [1.165, 1.54) is 12.8 Å². The standard InChI is InChI=1S/C14H29NO2/c1-5-12(11-16)15-13(17)9-7-6-8-10-14(2,3)4/h12,16H,5-11H2,1-4H3,(H,15,17). The molecule has 0 aromatic heterocycles. The molecule has 0 aliphatic heterocycles. The van der Waals surface area contributed by atoms with Crippen molar-refractivity contribution in [1.29, 1.82) is 0 Å². The van der Waals surface area contributed by atoms with Crippen LogP contribution in [-0.2, 0) is 4.79 Å². The van der Waals surface area contributed by atoms with Crippen LogP contribution in [0.4, 0.5) is 0 Å². The van der Waals surface area contributed by atoms with Crippen molar-refractivity contribution < 1.29 is 9.90 Å². The Morgan fingerprint density at radius 1 is 1.24 bits per heavy atom. The number of aliphatic hydroxyl groups is 1. The van der Waals surface area contributed by atoms with Crippen LogP contribution in [0.5, 0.6) is 0 Å². The van der Waals surface area contributed by atoms with Gasteiger partial charge in [0.25, 0.3) is 0 Å². The largest absolute Gasteiger partial charge is 0.394 e. The monoisotopic (exact) mass is 243 g/mol. The molecule has 0 spiro atoms. The topological polar surface area (TPSA) is 49.3 Å². The summed E-state index contributed by atoms with van der Waals surface area (Å²) in [6, 6.07) is -0.0722. The van der Waals surface area contributed by atoms with Gasteiger partial charge in [0.05, 0.1) is 12.6 Å². The molecule has 0 aromatic rings. The number of rotatable bonds is 8. The Morgan fingerprint density at radius 3 is 2.35 bits per heavy atom. The smallest absolute Gasteiger partial charge is 0.220 e. The van der Waals surface area contributed by atoms with E-state index in [9.17, 15) is 4.79 Å². The highest BCUT2D eigenvalue weighted by Crippen LogP contribution is 2.22. The summed E-state index contributed by atoms with van der Waals surface area (Å²) in [5.41, 5.74) is 0.395. The molecule has 0 aliphatic carbocycles. The zero-order chi connectivity index (χ0) is 13.3. The normalized spacial score (nSPS) is 13.5. The minimum atomic E-state index is -0.0722. The third-order valence-corrected chi connectivity index (χ3v) is 2.91. The molecule has 17 heavy (non-hydrogen) atoms. The molecule has 1 atom stereocenters. The van der Waals surface area contributed by atoms with Gasteiger partial charge in [0.2, 0.25) is 5.91 Å². The molecule has 3 nitrogen and oxygen atoms in total. The summed E-state index contributed by atoms with van der Waals surface area (Å²) in [6.07, 6.45) is 5.83. The number of amides is 1. The van der Waals surface area contributed by atoms with Crippen LogP contribution in [0.1, 0.15) is 66.2 Å². The number of nitrogens with one attached hydrogen (secondary N) is 1. The van der Waals surface area contributed by atoms with E-state index < -0.39 is 0 Å². The second-order valence-electron chi connectivity index (χ2n) is 5.98. The van der Waals surface area contributed by atoms with Crippen LogP contribution in [-0.4, -0.2) is 23.7 Å². The van der Waals surface area contributed by atoms with Crippen LogP contribution in [0.15, 0.2) is 0 Å². The van der Waals surface area contributed by atoms with Crippen molar-refractivity contribution in [1.82, 2.24) is 5.32 Å². The van der Waals surface area contributed by atoms with Crippen molar-refractivity contribution in [3.63, 3.8) is 0 Å². The molecule has 0 fully saturated rings. The molecule has 0 saturated heterocycles. The number of unbranched alkanes of at least 4 members (excludes halogenated alkanes) is 2. The second-order valence-corrected chi connectivity index (χ2v) is 5.98. The molecule has 1 amide bonds. The number of carbonyl (C=O) groups excluding carboxylic acids is 1. The van der Waals surface area contributed by atoms with E-state index in [2.05, 4.69) is 26.1 Å². The quantitative estimate of drug-likeness (QED) is 0.644. The van der Waals surface area contributed by atoms with Crippen LogP contribution in [0.2, 0.25) is 0 Å². The molecule has 0 radical (unpaired) electrons. The summed E-state index contributed by atoms with van der Waals surface area (Å²) >= 11 is 0. The van der Waals surface area contributed by atoms with Crippen LogP contribution in [0.3, 0.4) is 0 Å². The van der Waals surface area contributed by atoms with E-state index in [0.29, 0.717) is 11.8 Å². The fraction of sp³-hybridized carbons (Fsp3) is 0.929. The first-order valence-corrected chi connectivity index (χ1v) is 6.79. The lowest BCUT2D eigenvalue weighted by molar-refractivity contribution is -0.122. The van der Waals surface area contributed by atoms with Crippen molar-refractivity contribution in [2.75, 3.05) is 6.61 Å². The van der Waals surface area contributed by atoms with Crippen molar-refractivity contribution in [3.05, 3.63) is 0 Å². The molecule has 0 rings (SSSR count). The Balaban J connectivity index is 3.52. The summed E-state index contributed by atoms with van der Waals surface area (Å²) in [5.74, 6) is 0.0710. The van der Waals surface area contributed by atoms with Gasteiger partial charge in [-0.25, -0.2) is 0 Å². The molecule has 1 unspecified atom stereocenters. The van der Waals surface area contributed by atoms with Gasteiger partial charge < -0.3 is 10.4 Å². The number of hydrogen-bond acceptors (Lipinski definition) is 2. The minimum Gasteiger partial charge on any atom is -0.394 e. The first kappa shape index (κ1) is 16.4. The Labute approximate surface area is 106 Å². The lowest BCUT2D eigenvalue weighted by Gasteiger charge is -2.17. The molecule has 0 saturated carbocycles. The van der Waals surface area contributed by atoms with E-state index in [-0.39, 0.29) is 18.6 Å². The minimum absolute atomic E-state index is 0.0340. The highest BCUT2D eigenvalue weighted by atomic mass is 16.3. The first-order chi connectivity index (χ1) is 7.89. The van der Waals surface area contributed by atoms with Gasteiger partial charge in [0.1, 0.15) is 0 Å². The van der Waals surface area contributed by atoms with Gasteiger partial charge in [-0.1, -0.05) is 40.5 Å². The fourth-order valence-electron chi connectivity index (χ4n) is 1.69. The van der Waals surface area contributed by atoms with Crippen molar-refractivity contribution in [3.8, 4) is 0 Å². The predicted octanol–water partition coefficient (Wildman–Crippen LogP) is 2.87. The van der Waals surface area contributed by atoms with Crippen molar-refractivity contribution in [2.24, 2.45) is 5.41 Å². The second kappa shape index (κ2) is 8.51. The lowest BCUT2D eigenvalue weighted by atomic mass is 9.89. The van der Waals surface area contributed by atoms with Gasteiger partial charge >= 0.3 is 0 Å². The molecule has 102 valence electrons. The van der Waals surface area contributed by atoms with Crippen molar-refractivity contribution in [2.45, 2.75) is 72.3 Å². The Hall–Kier alpha value is -0.570. The molecule has 0 aromatic carbocycles. The Kier molecular flexibility index (Phi) is 8.23. The molecule has 0 bridgehead atoms. The summed E-state index contributed by atoms with van der Waals surface area (Å²) in [7, 11) is 0. The molecule has 2 N–H and O–H groups in total.